The van der Waals surface area contributed by atoms with Crippen LogP contribution in [0.15, 0.2) is 54.0 Å². The van der Waals surface area contributed by atoms with Crippen molar-refractivity contribution in [2.75, 3.05) is 49.4 Å². The second-order valence-corrected chi connectivity index (χ2v) is 19.2. The van der Waals surface area contributed by atoms with Crippen molar-refractivity contribution in [3.05, 3.63) is 87.9 Å². The number of ether oxygens (including phenoxy) is 3. The predicted octanol–water partition coefficient (Wildman–Crippen LogP) is 5.99. The van der Waals surface area contributed by atoms with Crippen LogP contribution in [-0.4, -0.2) is 112 Å². The zero-order chi connectivity index (χ0) is 50.6. The number of pyridine rings is 1. The number of amides is 4. The van der Waals surface area contributed by atoms with Crippen molar-refractivity contribution in [1.82, 2.24) is 25.5 Å². The summed E-state index contributed by atoms with van der Waals surface area (Å²) in [6.07, 6.45) is -6.09. The molecule has 4 aromatic rings. The largest absolute Gasteiger partial charge is 0.475 e. The Hall–Kier alpha value is -6.12. The molecule has 0 saturated carbocycles. The van der Waals surface area contributed by atoms with E-state index >= 15 is 4.39 Å². The summed E-state index contributed by atoms with van der Waals surface area (Å²) >= 11 is 7.08. The number of benzene rings is 2. The van der Waals surface area contributed by atoms with E-state index in [-0.39, 0.29) is 63.5 Å². The number of nitriles is 1. The summed E-state index contributed by atoms with van der Waals surface area (Å²) in [6, 6.07) is 11.8. The van der Waals surface area contributed by atoms with Crippen molar-refractivity contribution in [3.8, 4) is 22.4 Å². The van der Waals surface area contributed by atoms with E-state index in [0.29, 0.717) is 16.3 Å². The maximum absolute atomic E-state index is 15.4. The monoisotopic (exact) mass is 996 g/mol. The number of alkyl halides is 3. The summed E-state index contributed by atoms with van der Waals surface area (Å²) in [7, 11) is 0. The van der Waals surface area contributed by atoms with E-state index in [0.717, 1.165) is 33.8 Å². The number of nitrogens with one attached hydrogen (secondary N) is 2. The molecule has 2 aromatic carbocycles. The van der Waals surface area contributed by atoms with Gasteiger partial charge in [-0.3, -0.25) is 24.1 Å². The highest BCUT2D eigenvalue weighted by atomic mass is 32.1. The summed E-state index contributed by atoms with van der Waals surface area (Å²) in [4.78, 5) is 67.1. The van der Waals surface area contributed by atoms with E-state index in [1.165, 1.54) is 35.8 Å². The lowest BCUT2D eigenvalue weighted by Gasteiger charge is -2.35. The molecule has 2 aliphatic heterocycles. The standard InChI is InChI=1S/C47H52F4N8O8S2/c1-26-32(59-44(68)58(43(64)46(59,6)7)33-13-12-30(21-52)37(38(33)48)47(49,50)51)14-15-36(55-26)67-19-18-65-16-17-66-24-35(61)56-40(45(3,4)5)42(63)57-23-31(60)20-34(57)41(62)53-22-28-8-10-29(11-9-28)39-27(2)54-25-69-39/h8-15,25,31,34,40,60H,16-20,22-24H2,1-7H3,(H,53,62)(H,56,61)/t31-,34+,40-/m1/s1. The van der Waals surface area contributed by atoms with Gasteiger partial charge in [0.05, 0.1) is 70.7 Å². The van der Waals surface area contributed by atoms with E-state index in [1.54, 1.807) is 50.6 Å². The highest BCUT2D eigenvalue weighted by molar-refractivity contribution is 7.81. The number of likely N-dealkylation sites (tertiary alicyclic amines) is 1. The highest BCUT2D eigenvalue weighted by Crippen LogP contribution is 2.42. The molecule has 2 saturated heterocycles. The number of carbonyl (C=O) groups excluding carboxylic acids is 4. The molecule has 22 heteroatoms. The van der Waals surface area contributed by atoms with Crippen molar-refractivity contribution >= 4 is 63.7 Å². The topological polar surface area (TPSA) is 200 Å². The van der Waals surface area contributed by atoms with E-state index in [4.69, 9.17) is 26.4 Å². The summed E-state index contributed by atoms with van der Waals surface area (Å²) in [5.74, 6) is -3.93. The molecular formula is C47H52F4N8O8S2. The molecule has 368 valence electrons. The number of thiazole rings is 1. The van der Waals surface area contributed by atoms with Gasteiger partial charge < -0.3 is 39.8 Å². The smallest absolute Gasteiger partial charge is 0.420 e. The van der Waals surface area contributed by atoms with Crippen LogP contribution in [0.3, 0.4) is 0 Å². The Morgan fingerprint density at radius 3 is 2.29 bits per heavy atom. The molecule has 4 heterocycles. The Morgan fingerprint density at radius 2 is 1.67 bits per heavy atom. The summed E-state index contributed by atoms with van der Waals surface area (Å²) < 4.78 is 73.5. The molecule has 3 atom stereocenters. The van der Waals surface area contributed by atoms with Crippen molar-refractivity contribution in [2.45, 2.75) is 91.3 Å². The number of thiocarbonyl (C=S) groups is 1. The molecule has 69 heavy (non-hydrogen) atoms. The third-order valence-corrected chi connectivity index (χ3v) is 12.8. The van der Waals surface area contributed by atoms with Gasteiger partial charge >= 0.3 is 6.18 Å². The number of nitrogens with zero attached hydrogens (tertiary/aromatic N) is 6. The Bertz CT molecular complexity index is 2630. The minimum atomic E-state index is -5.21. The Labute approximate surface area is 405 Å². The van der Waals surface area contributed by atoms with Crippen LogP contribution in [0.25, 0.3) is 10.4 Å². The third-order valence-electron chi connectivity index (χ3n) is 11.5. The number of aromatic nitrogens is 2. The molecule has 2 fully saturated rings. The van der Waals surface area contributed by atoms with Gasteiger partial charge in [0, 0.05) is 25.6 Å². The van der Waals surface area contributed by atoms with Gasteiger partial charge in [0.25, 0.3) is 5.91 Å². The first-order valence-electron chi connectivity index (χ1n) is 21.7. The minimum Gasteiger partial charge on any atom is -0.475 e. The number of halogens is 4. The van der Waals surface area contributed by atoms with Gasteiger partial charge in [-0.15, -0.1) is 11.3 Å². The summed E-state index contributed by atoms with van der Waals surface area (Å²) in [6.45, 7) is 11.8. The molecule has 0 radical (unpaired) electrons. The lowest BCUT2D eigenvalue weighted by Crippen LogP contribution is -2.58. The average molecular weight is 997 g/mol. The van der Waals surface area contributed by atoms with Gasteiger partial charge in [-0.2, -0.15) is 18.4 Å². The van der Waals surface area contributed by atoms with Gasteiger partial charge in [-0.1, -0.05) is 45.0 Å². The molecule has 0 aliphatic carbocycles. The van der Waals surface area contributed by atoms with Crippen LogP contribution < -0.4 is 25.2 Å². The number of hydrogen-bond acceptors (Lipinski definition) is 13. The predicted molar refractivity (Wildman–Crippen MR) is 251 cm³/mol. The Balaban J connectivity index is 0.943. The van der Waals surface area contributed by atoms with Crippen molar-refractivity contribution in [2.24, 2.45) is 5.41 Å². The van der Waals surface area contributed by atoms with E-state index in [2.05, 4.69) is 20.6 Å². The van der Waals surface area contributed by atoms with E-state index < -0.39 is 81.6 Å². The first-order chi connectivity index (χ1) is 32.4. The van der Waals surface area contributed by atoms with Gasteiger partial charge in [0.1, 0.15) is 36.4 Å². The van der Waals surface area contributed by atoms with Crippen LogP contribution in [-0.2, 0) is 41.4 Å². The van der Waals surface area contributed by atoms with Crippen LogP contribution in [0.4, 0.5) is 28.9 Å². The Kier molecular flexibility index (Phi) is 16.1. The fraction of sp³-hybridized carbons (Fsp3) is 0.447. The zero-order valence-electron chi connectivity index (χ0n) is 38.9. The van der Waals surface area contributed by atoms with Crippen LogP contribution in [0, 0.1) is 36.4 Å². The number of aliphatic hydroxyl groups is 1. The lowest BCUT2D eigenvalue weighted by atomic mass is 9.85. The Morgan fingerprint density at radius 1 is 1.00 bits per heavy atom. The van der Waals surface area contributed by atoms with Gasteiger partial charge in [0.2, 0.25) is 23.6 Å². The molecule has 0 spiro atoms. The van der Waals surface area contributed by atoms with Gasteiger partial charge in [-0.05, 0) is 74.7 Å². The second-order valence-electron chi connectivity index (χ2n) is 18.0. The maximum atomic E-state index is 15.4. The van der Waals surface area contributed by atoms with Crippen molar-refractivity contribution in [1.29, 1.82) is 5.26 Å². The third kappa shape index (κ3) is 11.7. The van der Waals surface area contributed by atoms with Crippen LogP contribution in [0.1, 0.15) is 69.1 Å². The number of β-amino-alcohol motifs (C(OH)–C–C–N with tert-alkyl or cyclic N) is 1. The van der Waals surface area contributed by atoms with E-state index in [1.807, 2.05) is 31.2 Å². The summed E-state index contributed by atoms with van der Waals surface area (Å²) in [5.41, 5.74) is -0.498. The first kappa shape index (κ1) is 52.3. The van der Waals surface area contributed by atoms with E-state index in [9.17, 15) is 42.7 Å². The number of aliphatic hydroxyl groups excluding tert-OH is 1. The number of rotatable bonds is 17. The SMILES string of the molecule is Cc1nc(OCCOCCOCC(=O)N[C@H](C(=O)N2C[C@H](O)C[C@H]2C(=O)NCc2ccc(-c3scnc3C)cc2)C(C)(C)C)ccc1N1C(=S)N(c2ccc(C#N)c(C(F)(F)F)c2F)C(=O)C1(C)C. The molecule has 0 unspecified atom stereocenters. The minimum absolute atomic E-state index is 0.0208. The number of aryl methyl sites for hydroxylation is 2. The fourth-order valence-electron chi connectivity index (χ4n) is 7.94. The van der Waals surface area contributed by atoms with Crippen LogP contribution in [0.5, 0.6) is 5.88 Å². The molecule has 6 rings (SSSR count). The summed E-state index contributed by atoms with van der Waals surface area (Å²) in [5, 5.41) is 25.0. The molecule has 4 amide bonds. The molecule has 16 nitrogen and oxygen atoms in total. The number of carbonyl (C=O) groups is 4. The number of anilines is 2. The molecule has 2 aliphatic rings. The zero-order valence-corrected chi connectivity index (χ0v) is 40.5. The fourth-order valence-corrected chi connectivity index (χ4v) is 9.26. The molecule has 0 bridgehead atoms. The molecular weight excluding hydrogens is 945 g/mol. The first-order valence-corrected chi connectivity index (χ1v) is 23.0. The van der Waals surface area contributed by atoms with Crippen LogP contribution in [0.2, 0.25) is 0 Å². The van der Waals surface area contributed by atoms with Gasteiger partial charge in [0.15, 0.2) is 10.9 Å². The normalized spacial score (nSPS) is 17.5. The van der Waals surface area contributed by atoms with Crippen molar-refractivity contribution in [3.63, 3.8) is 0 Å². The lowest BCUT2D eigenvalue weighted by molar-refractivity contribution is -0.144. The molecule has 3 N–H and O–H groups in total. The van der Waals surface area contributed by atoms with Crippen LogP contribution >= 0.6 is 23.6 Å². The molecule has 2 aromatic heterocycles. The van der Waals surface area contributed by atoms with Crippen molar-refractivity contribution < 1.29 is 56.1 Å². The highest BCUT2D eigenvalue weighted by Gasteiger charge is 2.52. The average Bonchev–Trinajstić information content (AvgIpc) is 3.94. The number of hydrogen-bond donors (Lipinski definition) is 3. The second kappa shape index (κ2) is 21.3. The quantitative estimate of drug-likeness (QED) is 0.0634. The maximum Gasteiger partial charge on any atom is 0.420 e. The van der Waals surface area contributed by atoms with Gasteiger partial charge in [-0.25, -0.2) is 14.4 Å².